The van der Waals surface area contributed by atoms with Crippen LogP contribution in [0.25, 0.3) is 0 Å². The Morgan fingerprint density at radius 2 is 2.11 bits per heavy atom. The highest BCUT2D eigenvalue weighted by molar-refractivity contribution is 7.15. The van der Waals surface area contributed by atoms with Crippen LogP contribution in [-0.2, 0) is 11.2 Å². The molecule has 2 aromatic rings. The van der Waals surface area contributed by atoms with Crippen LogP contribution >= 0.6 is 11.3 Å². The number of carboxylic acids is 1. The molecule has 0 aliphatic heterocycles. The van der Waals surface area contributed by atoms with Crippen molar-refractivity contribution in [2.45, 2.75) is 19.4 Å². The standard InChI is InChI=1S/C12H12FN3O2S/c1-7(11(17)18)14-12-16-15-10(19-12)6-8-2-4-9(13)5-3-8/h2-5,7H,6H2,1H3,(H,14,16)(H,17,18)/t7-/m1/s1. The van der Waals surface area contributed by atoms with E-state index in [1.807, 2.05) is 0 Å². The highest BCUT2D eigenvalue weighted by Gasteiger charge is 2.13. The maximum absolute atomic E-state index is 12.8. The third-order valence-corrected chi connectivity index (χ3v) is 3.30. The Morgan fingerprint density at radius 1 is 1.42 bits per heavy atom. The van der Waals surface area contributed by atoms with Gasteiger partial charge in [-0.05, 0) is 24.6 Å². The quantitative estimate of drug-likeness (QED) is 0.878. The average molecular weight is 281 g/mol. The van der Waals surface area contributed by atoms with Crippen molar-refractivity contribution in [3.8, 4) is 0 Å². The zero-order chi connectivity index (χ0) is 13.8. The van der Waals surface area contributed by atoms with Crippen molar-refractivity contribution in [1.29, 1.82) is 0 Å². The van der Waals surface area contributed by atoms with E-state index in [1.54, 1.807) is 12.1 Å². The van der Waals surface area contributed by atoms with Crippen LogP contribution in [0.2, 0.25) is 0 Å². The van der Waals surface area contributed by atoms with E-state index in [4.69, 9.17) is 5.11 Å². The van der Waals surface area contributed by atoms with E-state index in [2.05, 4.69) is 15.5 Å². The maximum Gasteiger partial charge on any atom is 0.325 e. The molecule has 0 aliphatic rings. The fourth-order valence-electron chi connectivity index (χ4n) is 1.41. The average Bonchev–Trinajstić information content (AvgIpc) is 2.79. The number of carbonyl (C=O) groups is 1. The normalized spacial score (nSPS) is 12.1. The second-order valence-electron chi connectivity index (χ2n) is 4.01. The lowest BCUT2D eigenvalue weighted by atomic mass is 10.2. The summed E-state index contributed by atoms with van der Waals surface area (Å²) in [4.78, 5) is 10.7. The lowest BCUT2D eigenvalue weighted by molar-refractivity contribution is -0.137. The Bertz CT molecular complexity index is 571. The van der Waals surface area contributed by atoms with Gasteiger partial charge in [0.15, 0.2) is 0 Å². The molecule has 1 aromatic heterocycles. The summed E-state index contributed by atoms with van der Waals surface area (Å²) >= 11 is 1.29. The van der Waals surface area contributed by atoms with Crippen LogP contribution < -0.4 is 5.32 Å². The highest BCUT2D eigenvalue weighted by atomic mass is 32.1. The van der Waals surface area contributed by atoms with Crippen LogP contribution in [0.15, 0.2) is 24.3 Å². The SMILES string of the molecule is C[C@@H](Nc1nnc(Cc2ccc(F)cc2)s1)C(=O)O. The number of hydrogen-bond acceptors (Lipinski definition) is 5. The van der Waals surface area contributed by atoms with Gasteiger partial charge in [0.25, 0.3) is 0 Å². The van der Waals surface area contributed by atoms with Gasteiger partial charge >= 0.3 is 5.97 Å². The summed E-state index contributed by atoms with van der Waals surface area (Å²) in [6, 6.07) is 5.43. The number of nitrogens with one attached hydrogen (secondary N) is 1. The van der Waals surface area contributed by atoms with Gasteiger partial charge < -0.3 is 10.4 Å². The van der Waals surface area contributed by atoms with Crippen molar-refractivity contribution in [2.75, 3.05) is 5.32 Å². The number of rotatable bonds is 5. The van der Waals surface area contributed by atoms with Gasteiger partial charge in [0.05, 0.1) is 0 Å². The van der Waals surface area contributed by atoms with E-state index in [-0.39, 0.29) is 5.82 Å². The second kappa shape index (κ2) is 5.75. The predicted molar refractivity (Wildman–Crippen MR) is 69.8 cm³/mol. The molecule has 1 aromatic carbocycles. The number of halogens is 1. The third-order valence-electron chi connectivity index (χ3n) is 2.45. The van der Waals surface area contributed by atoms with E-state index in [0.29, 0.717) is 11.6 Å². The summed E-state index contributed by atoms with van der Waals surface area (Å²) in [6.45, 7) is 1.53. The monoisotopic (exact) mass is 281 g/mol. The molecule has 0 fully saturated rings. The van der Waals surface area contributed by atoms with Gasteiger partial charge in [-0.1, -0.05) is 23.5 Å². The highest BCUT2D eigenvalue weighted by Crippen LogP contribution is 2.19. The molecular formula is C12H12FN3O2S. The predicted octanol–water partition coefficient (Wildman–Crippen LogP) is 2.15. The molecule has 1 atom stereocenters. The van der Waals surface area contributed by atoms with Crippen LogP contribution in [-0.4, -0.2) is 27.3 Å². The summed E-state index contributed by atoms with van der Waals surface area (Å²) < 4.78 is 12.8. The second-order valence-corrected chi connectivity index (χ2v) is 5.07. The van der Waals surface area contributed by atoms with Crippen molar-refractivity contribution in [1.82, 2.24) is 10.2 Å². The molecule has 2 N–H and O–H groups in total. The first-order valence-corrected chi connectivity index (χ1v) is 6.42. The zero-order valence-electron chi connectivity index (χ0n) is 10.1. The number of hydrogen-bond donors (Lipinski definition) is 2. The lowest BCUT2D eigenvalue weighted by Gasteiger charge is -2.05. The van der Waals surface area contributed by atoms with E-state index in [0.717, 1.165) is 10.6 Å². The lowest BCUT2D eigenvalue weighted by Crippen LogP contribution is -2.25. The number of anilines is 1. The maximum atomic E-state index is 12.8. The van der Waals surface area contributed by atoms with Gasteiger partial charge in [0.1, 0.15) is 16.9 Å². The number of benzene rings is 1. The third kappa shape index (κ3) is 3.72. The van der Waals surface area contributed by atoms with Gasteiger partial charge in [0, 0.05) is 6.42 Å². The fraction of sp³-hybridized carbons (Fsp3) is 0.250. The van der Waals surface area contributed by atoms with Crippen molar-refractivity contribution in [3.63, 3.8) is 0 Å². The Morgan fingerprint density at radius 3 is 2.74 bits per heavy atom. The molecule has 19 heavy (non-hydrogen) atoms. The van der Waals surface area contributed by atoms with Gasteiger partial charge in [0.2, 0.25) is 5.13 Å². The van der Waals surface area contributed by atoms with E-state index in [1.165, 1.54) is 30.4 Å². The summed E-state index contributed by atoms with van der Waals surface area (Å²) in [7, 11) is 0. The first-order chi connectivity index (χ1) is 9.04. The number of carboxylic acid groups (broad SMARTS) is 1. The Kier molecular flexibility index (Phi) is 4.06. The Labute approximate surface area is 113 Å². The summed E-state index contributed by atoms with van der Waals surface area (Å²) in [6.07, 6.45) is 0.543. The first-order valence-electron chi connectivity index (χ1n) is 5.61. The molecule has 0 bridgehead atoms. The van der Waals surface area contributed by atoms with Gasteiger partial charge in [-0.2, -0.15) is 0 Å². The molecule has 0 aliphatic carbocycles. The Balaban J connectivity index is 2.01. The van der Waals surface area contributed by atoms with E-state index < -0.39 is 12.0 Å². The molecule has 0 radical (unpaired) electrons. The van der Waals surface area contributed by atoms with Crippen LogP contribution in [0, 0.1) is 5.82 Å². The topological polar surface area (TPSA) is 75.1 Å². The van der Waals surface area contributed by atoms with Crippen molar-refractivity contribution >= 4 is 22.4 Å². The molecule has 100 valence electrons. The molecule has 0 saturated carbocycles. The molecule has 5 nitrogen and oxygen atoms in total. The molecule has 0 amide bonds. The van der Waals surface area contributed by atoms with Crippen LogP contribution in [0.4, 0.5) is 9.52 Å². The zero-order valence-corrected chi connectivity index (χ0v) is 10.9. The van der Waals surface area contributed by atoms with Crippen molar-refractivity contribution in [3.05, 3.63) is 40.7 Å². The number of aromatic nitrogens is 2. The van der Waals surface area contributed by atoms with Crippen LogP contribution in [0.3, 0.4) is 0 Å². The smallest absolute Gasteiger partial charge is 0.325 e. The van der Waals surface area contributed by atoms with Crippen LogP contribution in [0.1, 0.15) is 17.5 Å². The van der Waals surface area contributed by atoms with Crippen molar-refractivity contribution < 1.29 is 14.3 Å². The molecule has 0 saturated heterocycles. The summed E-state index contributed by atoms with van der Waals surface area (Å²) in [5, 5.41) is 20.6. The summed E-state index contributed by atoms with van der Waals surface area (Å²) in [5.41, 5.74) is 0.926. The molecule has 0 spiro atoms. The minimum absolute atomic E-state index is 0.279. The van der Waals surface area contributed by atoms with Crippen molar-refractivity contribution in [2.24, 2.45) is 0 Å². The van der Waals surface area contributed by atoms with Gasteiger partial charge in [-0.25, -0.2) is 4.39 Å². The van der Waals surface area contributed by atoms with Gasteiger partial charge in [-0.3, -0.25) is 4.79 Å². The Hall–Kier alpha value is -2.02. The molecule has 2 rings (SSSR count). The van der Waals surface area contributed by atoms with Crippen LogP contribution in [0.5, 0.6) is 0 Å². The minimum Gasteiger partial charge on any atom is -0.480 e. The minimum atomic E-state index is -0.949. The van der Waals surface area contributed by atoms with E-state index in [9.17, 15) is 9.18 Å². The molecule has 7 heteroatoms. The first kappa shape index (κ1) is 13.4. The molecule has 0 unspecified atom stereocenters. The fourth-order valence-corrected chi connectivity index (χ4v) is 2.27. The number of nitrogens with zero attached hydrogens (tertiary/aromatic N) is 2. The summed E-state index contributed by atoms with van der Waals surface area (Å²) in [5.74, 6) is -1.23. The van der Waals surface area contributed by atoms with E-state index >= 15 is 0 Å². The van der Waals surface area contributed by atoms with Gasteiger partial charge in [-0.15, -0.1) is 10.2 Å². The largest absolute Gasteiger partial charge is 0.480 e. The molecular weight excluding hydrogens is 269 g/mol. The molecule has 1 heterocycles. The number of aliphatic carboxylic acids is 1.